The molecule has 0 fully saturated rings. The molecule has 0 atom stereocenters. The Morgan fingerprint density at radius 1 is 1.41 bits per heavy atom. The van der Waals surface area contributed by atoms with E-state index >= 15 is 0 Å². The normalized spacial score (nSPS) is 12.9. The summed E-state index contributed by atoms with van der Waals surface area (Å²) in [4.78, 5) is 0.924. The average molecular weight is 248 g/mol. The lowest BCUT2D eigenvalue weighted by molar-refractivity contribution is 0.473. The van der Waals surface area contributed by atoms with Gasteiger partial charge >= 0.3 is 0 Å². The first-order chi connectivity index (χ1) is 8.08. The molecule has 0 unspecified atom stereocenters. The summed E-state index contributed by atoms with van der Waals surface area (Å²) in [5.74, 6) is 0.349. The molecule has 0 heterocycles. The highest BCUT2D eigenvalue weighted by atomic mass is 32.1. The van der Waals surface area contributed by atoms with E-state index in [-0.39, 0.29) is 0 Å². The van der Waals surface area contributed by atoms with Crippen LogP contribution in [0.15, 0.2) is 35.3 Å². The van der Waals surface area contributed by atoms with E-state index in [0.717, 1.165) is 34.4 Å². The number of hydrogen-bond acceptors (Lipinski definition) is 2. The minimum absolute atomic E-state index is 0.349. The monoisotopic (exact) mass is 248 g/mol. The van der Waals surface area contributed by atoms with Gasteiger partial charge in [-0.2, -0.15) is 0 Å². The fraction of sp³-hybridized carbons (Fsp3) is 0.333. The van der Waals surface area contributed by atoms with Crippen LogP contribution in [0.3, 0.4) is 0 Å². The van der Waals surface area contributed by atoms with Gasteiger partial charge in [-0.3, -0.25) is 0 Å². The number of allylic oxidation sites excluding steroid dienone is 3. The van der Waals surface area contributed by atoms with Crippen molar-refractivity contribution in [2.24, 2.45) is 0 Å². The molecule has 1 nitrogen and oxygen atoms in total. The van der Waals surface area contributed by atoms with Crippen LogP contribution in [0.5, 0.6) is 5.75 Å². The molecule has 0 spiro atoms. The van der Waals surface area contributed by atoms with Gasteiger partial charge in [0.05, 0.1) is 0 Å². The van der Waals surface area contributed by atoms with Crippen molar-refractivity contribution in [2.75, 3.05) is 0 Å². The standard InChI is InChI=1S/C15H20OS/c1-4-6-12(10-13(17)5-2)14-8-7-11(3)9-15(14)16/h5,7-10,16-17H,4,6H2,1-3H3/b12-10+,13-5-. The van der Waals surface area contributed by atoms with Crippen LogP contribution in [0.4, 0.5) is 0 Å². The van der Waals surface area contributed by atoms with Gasteiger partial charge in [-0.05, 0) is 43.5 Å². The van der Waals surface area contributed by atoms with Crippen LogP contribution in [-0.4, -0.2) is 5.11 Å². The average Bonchev–Trinajstić information content (AvgIpc) is 2.28. The molecule has 0 amide bonds. The van der Waals surface area contributed by atoms with Crippen LogP contribution < -0.4 is 0 Å². The van der Waals surface area contributed by atoms with Gasteiger partial charge in [0.25, 0.3) is 0 Å². The highest BCUT2D eigenvalue weighted by Crippen LogP contribution is 2.30. The number of hydrogen-bond donors (Lipinski definition) is 2. The molecule has 1 aromatic rings. The third kappa shape index (κ3) is 3.97. The summed E-state index contributed by atoms with van der Waals surface area (Å²) in [5, 5.41) is 9.99. The van der Waals surface area contributed by atoms with Crippen molar-refractivity contribution in [1.82, 2.24) is 0 Å². The van der Waals surface area contributed by atoms with Gasteiger partial charge < -0.3 is 5.11 Å². The van der Waals surface area contributed by atoms with Gasteiger partial charge in [0.1, 0.15) is 5.75 Å². The van der Waals surface area contributed by atoms with E-state index < -0.39 is 0 Å². The van der Waals surface area contributed by atoms with E-state index in [1.165, 1.54) is 0 Å². The summed E-state index contributed by atoms with van der Waals surface area (Å²) >= 11 is 4.37. The Labute approximate surface area is 109 Å². The molecule has 0 saturated heterocycles. The minimum atomic E-state index is 0.349. The van der Waals surface area contributed by atoms with Crippen LogP contribution in [0, 0.1) is 6.92 Å². The number of aryl methyl sites for hydroxylation is 1. The highest BCUT2D eigenvalue weighted by Gasteiger charge is 2.06. The van der Waals surface area contributed by atoms with Crippen molar-refractivity contribution in [3.8, 4) is 5.75 Å². The molecule has 1 aromatic carbocycles. The van der Waals surface area contributed by atoms with Crippen molar-refractivity contribution >= 4 is 18.2 Å². The van der Waals surface area contributed by atoms with E-state index in [1.807, 2.05) is 38.1 Å². The SMILES string of the molecule is C/C=C(S)/C=C(\CCC)c1ccc(C)cc1O. The van der Waals surface area contributed by atoms with Gasteiger partial charge in [-0.25, -0.2) is 0 Å². The maximum atomic E-state index is 9.99. The molecule has 0 aliphatic rings. The Bertz CT molecular complexity index is 444. The number of rotatable bonds is 4. The topological polar surface area (TPSA) is 20.2 Å². The number of thiol groups is 1. The predicted octanol–water partition coefficient (Wildman–Crippen LogP) is 4.72. The third-order valence-electron chi connectivity index (χ3n) is 2.64. The Morgan fingerprint density at radius 3 is 2.65 bits per heavy atom. The van der Waals surface area contributed by atoms with E-state index in [9.17, 15) is 5.11 Å². The molecule has 1 rings (SSSR count). The van der Waals surface area contributed by atoms with Crippen LogP contribution in [0.25, 0.3) is 5.57 Å². The molecule has 1 N–H and O–H groups in total. The van der Waals surface area contributed by atoms with Crippen LogP contribution in [0.1, 0.15) is 37.8 Å². The molecule has 0 aliphatic heterocycles. The second-order valence-electron chi connectivity index (χ2n) is 4.15. The second-order valence-corrected chi connectivity index (χ2v) is 4.67. The van der Waals surface area contributed by atoms with E-state index in [1.54, 1.807) is 6.07 Å². The molecule has 0 saturated carbocycles. The highest BCUT2D eigenvalue weighted by molar-refractivity contribution is 7.84. The second kappa shape index (κ2) is 6.55. The lowest BCUT2D eigenvalue weighted by Crippen LogP contribution is -1.87. The van der Waals surface area contributed by atoms with Crippen LogP contribution in [-0.2, 0) is 0 Å². The molecule has 0 radical (unpaired) electrons. The fourth-order valence-electron chi connectivity index (χ4n) is 1.73. The zero-order valence-corrected chi connectivity index (χ0v) is 11.6. The van der Waals surface area contributed by atoms with Crippen molar-refractivity contribution in [3.05, 3.63) is 46.4 Å². The maximum absolute atomic E-state index is 9.99. The van der Waals surface area contributed by atoms with E-state index in [4.69, 9.17) is 0 Å². The summed E-state index contributed by atoms with van der Waals surface area (Å²) in [6, 6.07) is 5.79. The van der Waals surface area contributed by atoms with Crippen LogP contribution in [0.2, 0.25) is 0 Å². The number of benzene rings is 1. The van der Waals surface area contributed by atoms with Crippen molar-refractivity contribution < 1.29 is 5.11 Å². The Morgan fingerprint density at radius 2 is 2.12 bits per heavy atom. The summed E-state index contributed by atoms with van der Waals surface area (Å²) in [6.45, 7) is 6.06. The number of aromatic hydroxyl groups is 1. The Hall–Kier alpha value is -1.15. The first-order valence-corrected chi connectivity index (χ1v) is 6.39. The zero-order valence-electron chi connectivity index (χ0n) is 10.7. The van der Waals surface area contributed by atoms with Crippen molar-refractivity contribution in [1.29, 1.82) is 0 Å². The molecule has 0 bridgehead atoms. The fourth-order valence-corrected chi connectivity index (χ4v) is 1.88. The summed E-state index contributed by atoms with van der Waals surface area (Å²) < 4.78 is 0. The first kappa shape index (κ1) is 13.9. The number of phenolic OH excluding ortho intramolecular Hbond substituents is 1. The summed E-state index contributed by atoms with van der Waals surface area (Å²) in [6.07, 6.45) is 5.96. The lowest BCUT2D eigenvalue weighted by Gasteiger charge is -2.10. The smallest absolute Gasteiger partial charge is 0.123 e. The van der Waals surface area contributed by atoms with Gasteiger partial charge in [0, 0.05) is 10.5 Å². The molecule has 0 aromatic heterocycles. The minimum Gasteiger partial charge on any atom is -0.507 e. The molecule has 17 heavy (non-hydrogen) atoms. The first-order valence-electron chi connectivity index (χ1n) is 5.94. The summed E-state index contributed by atoms with van der Waals surface area (Å²) in [5.41, 5.74) is 3.11. The van der Waals surface area contributed by atoms with Crippen LogP contribution >= 0.6 is 12.6 Å². The van der Waals surface area contributed by atoms with Crippen molar-refractivity contribution in [3.63, 3.8) is 0 Å². The molecular weight excluding hydrogens is 228 g/mol. The van der Waals surface area contributed by atoms with E-state index in [0.29, 0.717) is 5.75 Å². The molecule has 92 valence electrons. The number of phenols is 1. The third-order valence-corrected chi connectivity index (χ3v) is 3.02. The molecular formula is C15H20OS. The zero-order chi connectivity index (χ0) is 12.8. The predicted molar refractivity (Wildman–Crippen MR) is 78.5 cm³/mol. The maximum Gasteiger partial charge on any atom is 0.123 e. The van der Waals surface area contributed by atoms with Gasteiger partial charge in [0.15, 0.2) is 0 Å². The Balaban J connectivity index is 3.18. The van der Waals surface area contributed by atoms with E-state index in [2.05, 4.69) is 19.6 Å². The van der Waals surface area contributed by atoms with Gasteiger partial charge in [-0.15, -0.1) is 12.6 Å². The largest absolute Gasteiger partial charge is 0.507 e. The van der Waals surface area contributed by atoms with Gasteiger partial charge in [-0.1, -0.05) is 31.6 Å². The Kier molecular flexibility index (Phi) is 5.36. The molecule has 2 heteroatoms. The lowest BCUT2D eigenvalue weighted by atomic mass is 9.98. The van der Waals surface area contributed by atoms with Gasteiger partial charge in [0.2, 0.25) is 0 Å². The quantitative estimate of drug-likeness (QED) is 0.583. The van der Waals surface area contributed by atoms with Crippen molar-refractivity contribution in [2.45, 2.75) is 33.6 Å². The molecule has 0 aliphatic carbocycles. The summed E-state index contributed by atoms with van der Waals surface area (Å²) in [7, 11) is 0.